The molecule has 3 aromatic rings. The molecular weight excluding hydrogens is 422 g/mol. The van der Waals surface area contributed by atoms with E-state index in [4.69, 9.17) is 0 Å². The number of carbonyl (C=O) groups excluding carboxylic acids is 2. The molecule has 0 spiro atoms. The maximum absolute atomic E-state index is 13.6. The summed E-state index contributed by atoms with van der Waals surface area (Å²) in [7, 11) is 0. The highest BCUT2D eigenvalue weighted by atomic mass is 16.2. The fourth-order valence-corrected chi connectivity index (χ4v) is 4.74. The molecular formula is C29H33N3O2. The average Bonchev–Trinajstić information content (AvgIpc) is 2.87. The van der Waals surface area contributed by atoms with Gasteiger partial charge in [-0.05, 0) is 73.7 Å². The van der Waals surface area contributed by atoms with Crippen LogP contribution in [0.15, 0.2) is 78.9 Å². The zero-order valence-corrected chi connectivity index (χ0v) is 20.1. The Hall–Kier alpha value is -3.60. The van der Waals surface area contributed by atoms with Crippen molar-refractivity contribution in [2.75, 3.05) is 22.1 Å². The topological polar surface area (TPSA) is 61.4 Å². The molecule has 176 valence electrons. The van der Waals surface area contributed by atoms with Gasteiger partial charge in [0.1, 0.15) is 0 Å². The number of anilines is 3. The summed E-state index contributed by atoms with van der Waals surface area (Å²) in [6.07, 6.45) is 1.77. The number of hydrogen-bond donors (Lipinski definition) is 2. The van der Waals surface area contributed by atoms with Crippen molar-refractivity contribution in [1.82, 2.24) is 0 Å². The molecule has 0 bridgehead atoms. The molecule has 1 heterocycles. The van der Waals surface area contributed by atoms with Gasteiger partial charge in [-0.25, -0.2) is 0 Å². The van der Waals surface area contributed by atoms with Gasteiger partial charge in [0.05, 0.1) is 0 Å². The molecule has 4 rings (SSSR count). The number of nitrogens with zero attached hydrogens (tertiary/aromatic N) is 1. The van der Waals surface area contributed by atoms with Crippen molar-refractivity contribution in [3.05, 3.63) is 90.0 Å². The number of carbonyl (C=O) groups is 2. The van der Waals surface area contributed by atoms with Crippen LogP contribution in [-0.4, -0.2) is 24.4 Å². The van der Waals surface area contributed by atoms with Crippen LogP contribution in [0.5, 0.6) is 0 Å². The van der Waals surface area contributed by atoms with Crippen molar-refractivity contribution in [1.29, 1.82) is 0 Å². The lowest BCUT2D eigenvalue weighted by Gasteiger charge is -2.41. The summed E-state index contributed by atoms with van der Waals surface area (Å²) in [5, 5.41) is 6.39. The average molecular weight is 456 g/mol. The molecule has 0 saturated heterocycles. The molecule has 0 fully saturated rings. The van der Waals surface area contributed by atoms with E-state index in [0.717, 1.165) is 42.0 Å². The Morgan fingerprint density at radius 1 is 0.941 bits per heavy atom. The van der Waals surface area contributed by atoms with Gasteiger partial charge in [0, 0.05) is 41.1 Å². The second kappa shape index (κ2) is 10.6. The largest absolute Gasteiger partial charge is 0.385 e. The highest BCUT2D eigenvalue weighted by Gasteiger charge is 2.38. The zero-order chi connectivity index (χ0) is 24.1. The van der Waals surface area contributed by atoms with E-state index in [-0.39, 0.29) is 29.7 Å². The van der Waals surface area contributed by atoms with Crippen molar-refractivity contribution in [3.63, 3.8) is 0 Å². The van der Waals surface area contributed by atoms with Gasteiger partial charge in [-0.15, -0.1) is 0 Å². The first-order chi connectivity index (χ1) is 16.5. The molecule has 2 N–H and O–H groups in total. The number of nitrogens with one attached hydrogen (secondary N) is 2. The van der Waals surface area contributed by atoms with Crippen LogP contribution < -0.4 is 15.5 Å². The standard InChI is InChI=1S/C29H33N3O2/c1-4-18-30-23-16-14-22(15-17-23)29(34)32-20(2)19-26(25-12-8-9-13-27(25)32)21(3)28(33)31-24-10-6-5-7-11-24/h5-17,20-21,26,30H,4,18-19H2,1-3H3,(H,31,33). The van der Waals surface area contributed by atoms with Gasteiger partial charge < -0.3 is 15.5 Å². The molecule has 34 heavy (non-hydrogen) atoms. The van der Waals surface area contributed by atoms with Crippen LogP contribution in [0.4, 0.5) is 17.1 Å². The SMILES string of the molecule is CCCNc1ccc(C(=O)N2c3ccccc3C(C(C)C(=O)Nc3ccccc3)CC2C)cc1. The minimum atomic E-state index is -0.231. The smallest absolute Gasteiger partial charge is 0.258 e. The lowest BCUT2D eigenvalue weighted by Crippen LogP contribution is -2.45. The Balaban J connectivity index is 1.57. The van der Waals surface area contributed by atoms with Gasteiger partial charge in [-0.2, -0.15) is 0 Å². The molecule has 3 aromatic carbocycles. The van der Waals surface area contributed by atoms with E-state index < -0.39 is 0 Å². The normalized spacial score (nSPS) is 18.0. The van der Waals surface area contributed by atoms with Crippen molar-refractivity contribution in [2.45, 2.75) is 45.6 Å². The molecule has 5 heteroatoms. The van der Waals surface area contributed by atoms with Gasteiger partial charge in [-0.3, -0.25) is 9.59 Å². The Bertz CT molecular complexity index is 1130. The van der Waals surface area contributed by atoms with Gasteiger partial charge in [-0.1, -0.05) is 50.2 Å². The molecule has 1 aliphatic heterocycles. The van der Waals surface area contributed by atoms with Gasteiger partial charge >= 0.3 is 0 Å². The summed E-state index contributed by atoms with van der Waals surface area (Å²) in [4.78, 5) is 28.5. The molecule has 5 nitrogen and oxygen atoms in total. The zero-order valence-electron chi connectivity index (χ0n) is 20.1. The Labute approximate surface area is 202 Å². The fraction of sp³-hybridized carbons (Fsp3) is 0.310. The molecule has 0 radical (unpaired) electrons. The van der Waals surface area contributed by atoms with Crippen molar-refractivity contribution >= 4 is 28.9 Å². The summed E-state index contributed by atoms with van der Waals surface area (Å²) < 4.78 is 0. The van der Waals surface area contributed by atoms with E-state index in [1.165, 1.54) is 0 Å². The van der Waals surface area contributed by atoms with E-state index in [2.05, 4.69) is 30.5 Å². The molecule has 0 aliphatic carbocycles. The van der Waals surface area contributed by atoms with Crippen molar-refractivity contribution < 1.29 is 9.59 Å². The lowest BCUT2D eigenvalue weighted by molar-refractivity contribution is -0.120. The molecule has 0 aromatic heterocycles. The van der Waals surface area contributed by atoms with Crippen LogP contribution in [0.25, 0.3) is 0 Å². The minimum absolute atomic E-state index is 0.00634. The van der Waals surface area contributed by atoms with Crippen molar-refractivity contribution in [2.24, 2.45) is 5.92 Å². The first kappa shape index (κ1) is 23.6. The first-order valence-electron chi connectivity index (χ1n) is 12.1. The number of fused-ring (bicyclic) bond motifs is 1. The number of amides is 2. The number of hydrogen-bond acceptors (Lipinski definition) is 3. The monoisotopic (exact) mass is 455 g/mol. The van der Waals surface area contributed by atoms with Gasteiger partial charge in [0.2, 0.25) is 5.91 Å². The van der Waals surface area contributed by atoms with E-state index in [9.17, 15) is 9.59 Å². The van der Waals surface area contributed by atoms with E-state index >= 15 is 0 Å². The summed E-state index contributed by atoms with van der Waals surface area (Å²) in [5.41, 5.74) is 4.42. The Morgan fingerprint density at radius 2 is 1.62 bits per heavy atom. The third kappa shape index (κ3) is 4.98. The highest BCUT2D eigenvalue weighted by Crippen LogP contribution is 2.43. The lowest BCUT2D eigenvalue weighted by atomic mass is 9.78. The maximum Gasteiger partial charge on any atom is 0.258 e. The van der Waals surface area contributed by atoms with Gasteiger partial charge in [0.15, 0.2) is 0 Å². The Morgan fingerprint density at radius 3 is 2.32 bits per heavy atom. The van der Waals surface area contributed by atoms with Crippen LogP contribution in [0.1, 0.15) is 55.5 Å². The third-order valence-electron chi connectivity index (χ3n) is 6.62. The number of rotatable bonds is 7. The van der Waals surface area contributed by atoms with E-state index in [0.29, 0.717) is 5.56 Å². The van der Waals surface area contributed by atoms with Crippen LogP contribution >= 0.6 is 0 Å². The van der Waals surface area contributed by atoms with Gasteiger partial charge in [0.25, 0.3) is 5.91 Å². The quantitative estimate of drug-likeness (QED) is 0.439. The fourth-order valence-electron chi connectivity index (χ4n) is 4.74. The molecule has 0 saturated carbocycles. The van der Waals surface area contributed by atoms with Crippen LogP contribution in [-0.2, 0) is 4.79 Å². The summed E-state index contributed by atoms with van der Waals surface area (Å²) in [6.45, 7) is 7.08. The van der Waals surface area contributed by atoms with Crippen LogP contribution in [0.3, 0.4) is 0 Å². The number of benzene rings is 3. The molecule has 3 unspecified atom stereocenters. The molecule has 3 atom stereocenters. The first-order valence-corrected chi connectivity index (χ1v) is 12.1. The molecule has 2 amide bonds. The molecule has 1 aliphatic rings. The third-order valence-corrected chi connectivity index (χ3v) is 6.62. The second-order valence-electron chi connectivity index (χ2n) is 9.07. The highest BCUT2D eigenvalue weighted by molar-refractivity contribution is 6.07. The van der Waals surface area contributed by atoms with Crippen molar-refractivity contribution in [3.8, 4) is 0 Å². The minimum Gasteiger partial charge on any atom is -0.385 e. The summed E-state index contributed by atoms with van der Waals surface area (Å²) >= 11 is 0. The van der Waals surface area contributed by atoms with E-state index in [1.54, 1.807) is 0 Å². The summed E-state index contributed by atoms with van der Waals surface area (Å²) in [5.74, 6) is -0.223. The predicted octanol–water partition coefficient (Wildman–Crippen LogP) is 6.31. The predicted molar refractivity (Wildman–Crippen MR) is 140 cm³/mol. The van der Waals surface area contributed by atoms with Crippen LogP contribution in [0, 0.1) is 5.92 Å². The summed E-state index contributed by atoms with van der Waals surface area (Å²) in [6, 6.07) is 25.2. The second-order valence-corrected chi connectivity index (χ2v) is 9.07. The Kier molecular flexibility index (Phi) is 7.31. The van der Waals surface area contributed by atoms with Crippen LogP contribution in [0.2, 0.25) is 0 Å². The maximum atomic E-state index is 13.6. The van der Waals surface area contributed by atoms with E-state index in [1.807, 2.05) is 84.6 Å². The number of para-hydroxylation sites is 2.